The Bertz CT molecular complexity index is 346. The first-order valence-corrected chi connectivity index (χ1v) is 5.64. The highest BCUT2D eigenvalue weighted by molar-refractivity contribution is 5.47. The second kappa shape index (κ2) is 5.71. The summed E-state index contributed by atoms with van der Waals surface area (Å²) < 4.78 is 0. The molecule has 1 unspecified atom stereocenters. The SMILES string of the molecule is CNC(C=C(C)C)c1ccc(N(C)C)cc1. The van der Waals surface area contributed by atoms with Crippen LogP contribution in [0.3, 0.4) is 0 Å². The predicted molar refractivity (Wildman–Crippen MR) is 72.0 cm³/mol. The summed E-state index contributed by atoms with van der Waals surface area (Å²) in [6.07, 6.45) is 2.24. The van der Waals surface area contributed by atoms with E-state index in [-0.39, 0.29) is 0 Å². The van der Waals surface area contributed by atoms with Crippen molar-refractivity contribution in [3.05, 3.63) is 41.5 Å². The summed E-state index contributed by atoms with van der Waals surface area (Å²) in [4.78, 5) is 2.11. The molecule has 0 fully saturated rings. The zero-order valence-corrected chi connectivity index (χ0v) is 10.9. The highest BCUT2D eigenvalue weighted by Crippen LogP contribution is 2.19. The Labute approximate surface area is 99.0 Å². The van der Waals surface area contributed by atoms with Gasteiger partial charge in [0.1, 0.15) is 0 Å². The van der Waals surface area contributed by atoms with E-state index < -0.39 is 0 Å². The van der Waals surface area contributed by atoms with Crippen molar-refractivity contribution in [2.45, 2.75) is 19.9 Å². The lowest BCUT2D eigenvalue weighted by Crippen LogP contribution is -2.14. The van der Waals surface area contributed by atoms with Crippen molar-refractivity contribution >= 4 is 5.69 Å². The van der Waals surface area contributed by atoms with E-state index in [2.05, 4.69) is 68.5 Å². The molecule has 2 heteroatoms. The molecule has 1 aromatic rings. The number of allylic oxidation sites excluding steroid dienone is 1. The smallest absolute Gasteiger partial charge is 0.0506 e. The fraction of sp³-hybridized carbons (Fsp3) is 0.429. The Balaban J connectivity index is 2.91. The molecule has 16 heavy (non-hydrogen) atoms. The minimum Gasteiger partial charge on any atom is -0.378 e. The van der Waals surface area contributed by atoms with Gasteiger partial charge < -0.3 is 10.2 Å². The molecule has 0 amide bonds. The molecule has 0 aliphatic heterocycles. The number of hydrogen-bond donors (Lipinski definition) is 1. The Kier molecular flexibility index (Phi) is 4.56. The van der Waals surface area contributed by atoms with Crippen LogP contribution in [-0.4, -0.2) is 21.1 Å². The predicted octanol–water partition coefficient (Wildman–Crippen LogP) is 2.98. The third-order valence-corrected chi connectivity index (χ3v) is 2.58. The molecule has 1 N–H and O–H groups in total. The highest BCUT2D eigenvalue weighted by atomic mass is 15.1. The van der Waals surface area contributed by atoms with E-state index in [1.165, 1.54) is 16.8 Å². The summed E-state index contributed by atoms with van der Waals surface area (Å²) in [6.45, 7) is 4.25. The Morgan fingerprint density at radius 3 is 2.12 bits per heavy atom. The van der Waals surface area contributed by atoms with E-state index in [0.29, 0.717) is 6.04 Å². The molecule has 0 aliphatic carbocycles. The maximum Gasteiger partial charge on any atom is 0.0506 e. The van der Waals surface area contributed by atoms with E-state index in [0.717, 1.165) is 0 Å². The first kappa shape index (κ1) is 12.8. The molecule has 1 atom stereocenters. The lowest BCUT2D eigenvalue weighted by molar-refractivity contribution is 0.710. The Morgan fingerprint density at radius 1 is 1.19 bits per heavy atom. The molecule has 0 bridgehead atoms. The molecule has 0 radical (unpaired) electrons. The molecular weight excluding hydrogens is 196 g/mol. The molecular formula is C14H22N2. The number of hydrogen-bond acceptors (Lipinski definition) is 2. The molecule has 0 saturated heterocycles. The van der Waals surface area contributed by atoms with Gasteiger partial charge >= 0.3 is 0 Å². The largest absolute Gasteiger partial charge is 0.378 e. The standard InChI is InChI=1S/C14H22N2/c1-11(2)10-14(15-3)12-6-8-13(9-7-12)16(4)5/h6-10,14-15H,1-5H3. The summed E-state index contributed by atoms with van der Waals surface area (Å²) in [5.41, 5.74) is 3.86. The molecule has 0 aromatic heterocycles. The van der Waals surface area contributed by atoms with Gasteiger partial charge in [-0.05, 0) is 38.6 Å². The van der Waals surface area contributed by atoms with Gasteiger partial charge in [-0.3, -0.25) is 0 Å². The second-order valence-corrected chi connectivity index (χ2v) is 4.50. The van der Waals surface area contributed by atoms with Crippen molar-refractivity contribution in [1.29, 1.82) is 0 Å². The van der Waals surface area contributed by atoms with Gasteiger partial charge in [0.05, 0.1) is 6.04 Å². The van der Waals surface area contributed by atoms with Crippen LogP contribution in [0, 0.1) is 0 Å². The highest BCUT2D eigenvalue weighted by Gasteiger charge is 2.05. The van der Waals surface area contributed by atoms with E-state index in [4.69, 9.17) is 0 Å². The van der Waals surface area contributed by atoms with Crippen molar-refractivity contribution in [3.8, 4) is 0 Å². The minimum absolute atomic E-state index is 0.307. The zero-order valence-electron chi connectivity index (χ0n) is 10.9. The van der Waals surface area contributed by atoms with E-state index in [1.54, 1.807) is 0 Å². The van der Waals surface area contributed by atoms with Gasteiger partial charge in [0.15, 0.2) is 0 Å². The van der Waals surface area contributed by atoms with Gasteiger partial charge in [0.25, 0.3) is 0 Å². The van der Waals surface area contributed by atoms with Crippen molar-refractivity contribution in [1.82, 2.24) is 5.32 Å². The molecule has 88 valence electrons. The number of anilines is 1. The van der Waals surface area contributed by atoms with Crippen molar-refractivity contribution in [2.75, 3.05) is 26.0 Å². The van der Waals surface area contributed by atoms with Gasteiger partial charge in [-0.1, -0.05) is 23.8 Å². The molecule has 0 aliphatic rings. The van der Waals surface area contributed by atoms with Crippen LogP contribution in [0.2, 0.25) is 0 Å². The van der Waals surface area contributed by atoms with Crippen LogP contribution >= 0.6 is 0 Å². The Morgan fingerprint density at radius 2 is 1.75 bits per heavy atom. The fourth-order valence-electron chi connectivity index (χ4n) is 1.66. The lowest BCUT2D eigenvalue weighted by atomic mass is 10.0. The molecule has 2 nitrogen and oxygen atoms in total. The normalized spacial score (nSPS) is 12.1. The van der Waals surface area contributed by atoms with Crippen LogP contribution in [0.25, 0.3) is 0 Å². The van der Waals surface area contributed by atoms with E-state index in [1.807, 2.05) is 7.05 Å². The van der Waals surface area contributed by atoms with Crippen molar-refractivity contribution in [3.63, 3.8) is 0 Å². The summed E-state index contributed by atoms with van der Waals surface area (Å²) in [7, 11) is 6.10. The fourth-order valence-corrected chi connectivity index (χ4v) is 1.66. The van der Waals surface area contributed by atoms with Gasteiger partial charge in [-0.2, -0.15) is 0 Å². The van der Waals surface area contributed by atoms with Crippen LogP contribution in [0.5, 0.6) is 0 Å². The molecule has 1 rings (SSSR count). The van der Waals surface area contributed by atoms with Crippen molar-refractivity contribution in [2.24, 2.45) is 0 Å². The second-order valence-electron chi connectivity index (χ2n) is 4.50. The van der Waals surface area contributed by atoms with Gasteiger partial charge in [0, 0.05) is 19.8 Å². The maximum absolute atomic E-state index is 3.31. The number of likely N-dealkylation sites (N-methyl/N-ethyl adjacent to an activating group) is 1. The van der Waals surface area contributed by atoms with Crippen LogP contribution in [0.15, 0.2) is 35.9 Å². The lowest BCUT2D eigenvalue weighted by Gasteiger charge is -2.16. The van der Waals surface area contributed by atoms with Crippen LogP contribution in [0.4, 0.5) is 5.69 Å². The zero-order chi connectivity index (χ0) is 12.1. The van der Waals surface area contributed by atoms with Gasteiger partial charge in [0.2, 0.25) is 0 Å². The third kappa shape index (κ3) is 3.38. The average molecular weight is 218 g/mol. The first-order valence-electron chi connectivity index (χ1n) is 5.64. The molecule has 1 aromatic carbocycles. The number of nitrogens with one attached hydrogen (secondary N) is 1. The van der Waals surface area contributed by atoms with Gasteiger partial charge in [-0.15, -0.1) is 0 Å². The number of rotatable bonds is 4. The topological polar surface area (TPSA) is 15.3 Å². The van der Waals surface area contributed by atoms with Gasteiger partial charge in [-0.25, -0.2) is 0 Å². The molecule has 0 spiro atoms. The van der Waals surface area contributed by atoms with Crippen LogP contribution in [-0.2, 0) is 0 Å². The maximum atomic E-state index is 3.31. The first-order chi connectivity index (χ1) is 7.54. The third-order valence-electron chi connectivity index (χ3n) is 2.58. The number of nitrogens with zero attached hydrogens (tertiary/aromatic N) is 1. The monoisotopic (exact) mass is 218 g/mol. The average Bonchev–Trinajstić information content (AvgIpc) is 2.25. The molecule has 0 heterocycles. The van der Waals surface area contributed by atoms with E-state index >= 15 is 0 Å². The number of benzene rings is 1. The van der Waals surface area contributed by atoms with Crippen molar-refractivity contribution < 1.29 is 0 Å². The van der Waals surface area contributed by atoms with Crippen LogP contribution in [0.1, 0.15) is 25.5 Å². The Hall–Kier alpha value is -1.28. The summed E-state index contributed by atoms with van der Waals surface area (Å²) in [5, 5.41) is 3.31. The quantitative estimate of drug-likeness (QED) is 0.782. The summed E-state index contributed by atoms with van der Waals surface area (Å²) in [5.74, 6) is 0. The van der Waals surface area contributed by atoms with E-state index in [9.17, 15) is 0 Å². The summed E-state index contributed by atoms with van der Waals surface area (Å²) >= 11 is 0. The minimum atomic E-state index is 0.307. The van der Waals surface area contributed by atoms with Crippen LogP contribution < -0.4 is 10.2 Å². The summed E-state index contributed by atoms with van der Waals surface area (Å²) in [6, 6.07) is 8.96. The molecule has 0 saturated carbocycles.